The van der Waals surface area contributed by atoms with Crippen LogP contribution in [0.3, 0.4) is 0 Å². The normalized spacial score (nSPS) is 11.5. The number of aromatic hydroxyl groups is 1. The lowest BCUT2D eigenvalue weighted by atomic mass is 10.0. The highest BCUT2D eigenvalue weighted by Crippen LogP contribution is 2.29. The van der Waals surface area contributed by atoms with E-state index in [9.17, 15) is 14.7 Å². The van der Waals surface area contributed by atoms with Gasteiger partial charge >= 0.3 is 11.9 Å². The van der Waals surface area contributed by atoms with E-state index in [0.29, 0.717) is 30.0 Å². The third kappa shape index (κ3) is 8.53. The summed E-state index contributed by atoms with van der Waals surface area (Å²) >= 11 is 9.78. The number of carbonyl (C=O) groups is 2. The molecule has 0 spiro atoms. The molecule has 0 heterocycles. The second-order valence-corrected chi connectivity index (χ2v) is 9.54. The van der Waals surface area contributed by atoms with Crippen LogP contribution in [0.5, 0.6) is 11.5 Å². The topological polar surface area (TPSA) is 84.9 Å². The molecule has 2 aromatic rings. The first-order valence-electron chi connectivity index (χ1n) is 9.59. The first-order valence-corrected chi connectivity index (χ1v) is 12.2. The van der Waals surface area contributed by atoms with Crippen molar-refractivity contribution in [2.45, 2.75) is 39.2 Å². The number of benzene rings is 2. The third-order valence-electron chi connectivity index (χ3n) is 4.23. The number of thiocarbonyl (C=S) groups is 1. The molecule has 0 aliphatic rings. The molecule has 9 heteroatoms. The smallest absolute Gasteiger partial charge is 0.328 e. The van der Waals surface area contributed by atoms with Crippen LogP contribution in [-0.2, 0) is 27.2 Å². The molecule has 0 radical (unpaired) electrons. The Balaban J connectivity index is 2.02. The number of hydrogen-bond acceptors (Lipinski definition) is 6. The molecule has 0 aromatic heterocycles. The number of rotatable bonds is 9. The monoisotopic (exact) mass is 667 g/mol. The van der Waals surface area contributed by atoms with Crippen molar-refractivity contribution in [3.05, 3.63) is 54.7 Å². The highest BCUT2D eigenvalue weighted by molar-refractivity contribution is 14.1. The number of ether oxygens (including phenoxy) is 2. The lowest BCUT2D eigenvalue weighted by Gasteiger charge is -2.19. The Hall–Kier alpha value is -1.47. The van der Waals surface area contributed by atoms with Gasteiger partial charge < -0.3 is 19.9 Å². The standard InChI is InChI=1S/C22H23I2NO5S/c1-3-29-22(28)19(12-14-4-7-16(27)8-5-14)25-20(31)9-6-15-10-17(23)21(18(24)11-15)30-13(2)26/h4-5,7-8,10-11,19,27H,3,6,9,12H2,1-2H3,(H,25,31). The fraction of sp³-hybridized carbons (Fsp3) is 0.318. The SMILES string of the molecule is CCOC(=O)C(Cc1ccc(O)cc1)NC(=S)CCc1cc(I)c(OC(C)=O)c(I)c1. The second kappa shape index (κ2) is 12.5. The lowest BCUT2D eigenvalue weighted by molar-refractivity contribution is -0.145. The van der Waals surface area contributed by atoms with Crippen molar-refractivity contribution in [3.8, 4) is 11.5 Å². The summed E-state index contributed by atoms with van der Waals surface area (Å²) in [6.07, 6.45) is 1.62. The van der Waals surface area contributed by atoms with Gasteiger partial charge in [0.25, 0.3) is 0 Å². The quantitative estimate of drug-likeness (QED) is 0.176. The van der Waals surface area contributed by atoms with Crippen molar-refractivity contribution in [2.24, 2.45) is 0 Å². The van der Waals surface area contributed by atoms with Crippen molar-refractivity contribution in [2.75, 3.05) is 6.61 Å². The minimum absolute atomic E-state index is 0.170. The fourth-order valence-electron chi connectivity index (χ4n) is 2.83. The number of nitrogens with one attached hydrogen (secondary N) is 1. The summed E-state index contributed by atoms with van der Waals surface area (Å²) in [5, 5.41) is 12.6. The van der Waals surface area contributed by atoms with E-state index in [-0.39, 0.29) is 24.3 Å². The highest BCUT2D eigenvalue weighted by Gasteiger charge is 2.21. The van der Waals surface area contributed by atoms with Gasteiger partial charge in [-0.25, -0.2) is 4.79 Å². The first kappa shape index (κ1) is 25.8. The van der Waals surface area contributed by atoms with Gasteiger partial charge in [-0.2, -0.15) is 0 Å². The summed E-state index contributed by atoms with van der Waals surface area (Å²) in [4.78, 5) is 24.2. The Kier molecular flexibility index (Phi) is 10.4. The zero-order valence-corrected chi connectivity index (χ0v) is 22.2. The number of esters is 2. The fourth-order valence-corrected chi connectivity index (χ4v) is 5.19. The first-order chi connectivity index (χ1) is 14.7. The molecule has 0 saturated carbocycles. The van der Waals surface area contributed by atoms with Crippen LogP contribution in [0.1, 0.15) is 31.4 Å². The molecule has 2 rings (SSSR count). The molecule has 6 nitrogen and oxygen atoms in total. The molecule has 1 atom stereocenters. The van der Waals surface area contributed by atoms with E-state index in [0.717, 1.165) is 18.3 Å². The van der Waals surface area contributed by atoms with Crippen molar-refractivity contribution in [1.29, 1.82) is 0 Å². The van der Waals surface area contributed by atoms with Crippen LogP contribution in [-0.4, -0.2) is 34.7 Å². The summed E-state index contributed by atoms with van der Waals surface area (Å²) in [5.74, 6) is 0.0127. The van der Waals surface area contributed by atoms with Gasteiger partial charge in [0.05, 0.1) is 18.7 Å². The Labute approximate surface area is 214 Å². The van der Waals surface area contributed by atoms with E-state index in [1.54, 1.807) is 31.2 Å². The van der Waals surface area contributed by atoms with Crippen LogP contribution in [0.25, 0.3) is 0 Å². The molecule has 1 unspecified atom stereocenters. The van der Waals surface area contributed by atoms with Crippen molar-refractivity contribution < 1.29 is 24.2 Å². The van der Waals surface area contributed by atoms with E-state index in [1.165, 1.54) is 6.92 Å². The molecular formula is C22H23I2NO5S. The van der Waals surface area contributed by atoms with Crippen molar-refractivity contribution in [1.82, 2.24) is 5.32 Å². The lowest BCUT2D eigenvalue weighted by Crippen LogP contribution is -2.42. The molecule has 2 aromatic carbocycles. The maximum atomic E-state index is 12.4. The van der Waals surface area contributed by atoms with Gasteiger partial charge in [-0.1, -0.05) is 24.4 Å². The Bertz CT molecular complexity index is 926. The van der Waals surface area contributed by atoms with E-state index in [1.807, 2.05) is 12.1 Å². The molecule has 0 amide bonds. The average Bonchev–Trinajstić information content (AvgIpc) is 2.70. The van der Waals surface area contributed by atoms with Gasteiger partial charge in [-0.3, -0.25) is 4.79 Å². The Morgan fingerprint density at radius 1 is 1.13 bits per heavy atom. The molecule has 0 saturated heterocycles. The average molecular weight is 667 g/mol. The maximum Gasteiger partial charge on any atom is 0.328 e. The minimum atomic E-state index is -0.608. The number of carbonyl (C=O) groups excluding carboxylic acids is 2. The van der Waals surface area contributed by atoms with Crippen molar-refractivity contribution in [3.63, 3.8) is 0 Å². The number of phenols is 1. The van der Waals surface area contributed by atoms with Crippen LogP contribution in [0.4, 0.5) is 0 Å². The number of aryl methyl sites for hydroxylation is 1. The van der Waals surface area contributed by atoms with Crippen molar-refractivity contribution >= 4 is 74.3 Å². The molecule has 0 fully saturated rings. The number of halogens is 2. The van der Waals surface area contributed by atoms with Crippen LogP contribution in [0, 0.1) is 7.14 Å². The van der Waals surface area contributed by atoms with E-state index < -0.39 is 6.04 Å². The molecule has 0 aliphatic heterocycles. The summed E-state index contributed by atoms with van der Waals surface area (Å²) in [6.45, 7) is 3.42. The molecule has 2 N–H and O–H groups in total. The maximum absolute atomic E-state index is 12.4. The third-order valence-corrected chi connectivity index (χ3v) is 6.15. The molecule has 31 heavy (non-hydrogen) atoms. The zero-order chi connectivity index (χ0) is 23.0. The van der Waals surface area contributed by atoms with Crippen LogP contribution < -0.4 is 10.1 Å². The molecule has 0 aliphatic carbocycles. The van der Waals surface area contributed by atoms with E-state index in [4.69, 9.17) is 21.7 Å². The van der Waals surface area contributed by atoms with E-state index >= 15 is 0 Å². The summed E-state index contributed by atoms with van der Waals surface area (Å²) < 4.78 is 12.2. The van der Waals surface area contributed by atoms with Crippen LogP contribution in [0.2, 0.25) is 0 Å². The summed E-state index contributed by atoms with van der Waals surface area (Å²) in [5.41, 5.74) is 1.94. The second-order valence-electron chi connectivity index (χ2n) is 6.72. The van der Waals surface area contributed by atoms with Gasteiger partial charge in [-0.15, -0.1) is 0 Å². The highest BCUT2D eigenvalue weighted by atomic mass is 127. The minimum Gasteiger partial charge on any atom is -0.508 e. The van der Waals surface area contributed by atoms with Gasteiger partial charge in [-0.05, 0) is 93.9 Å². The summed E-state index contributed by atoms with van der Waals surface area (Å²) in [6, 6.07) is 10.0. The number of hydrogen-bond donors (Lipinski definition) is 2. The van der Waals surface area contributed by atoms with E-state index in [2.05, 4.69) is 50.5 Å². The summed E-state index contributed by atoms with van der Waals surface area (Å²) in [7, 11) is 0. The molecule has 0 bridgehead atoms. The van der Waals surface area contributed by atoms with Gasteiger partial charge in [0.1, 0.15) is 11.8 Å². The largest absolute Gasteiger partial charge is 0.508 e. The van der Waals surface area contributed by atoms with Gasteiger partial charge in [0.15, 0.2) is 5.75 Å². The number of phenolic OH excluding ortho intramolecular Hbond substituents is 1. The van der Waals surface area contributed by atoms with Gasteiger partial charge in [0.2, 0.25) is 0 Å². The Morgan fingerprint density at radius 3 is 2.29 bits per heavy atom. The Morgan fingerprint density at radius 2 is 1.74 bits per heavy atom. The van der Waals surface area contributed by atoms with Crippen LogP contribution >= 0.6 is 57.4 Å². The molecule has 166 valence electrons. The van der Waals surface area contributed by atoms with Gasteiger partial charge in [0, 0.05) is 19.8 Å². The van der Waals surface area contributed by atoms with Crippen LogP contribution in [0.15, 0.2) is 36.4 Å². The predicted molar refractivity (Wildman–Crippen MR) is 139 cm³/mol. The zero-order valence-electron chi connectivity index (χ0n) is 17.1. The molecular weight excluding hydrogens is 644 g/mol. The predicted octanol–water partition coefficient (Wildman–Crippen LogP) is 4.55.